The first kappa shape index (κ1) is 14.1. The zero-order valence-electron chi connectivity index (χ0n) is 11.6. The molecule has 0 unspecified atom stereocenters. The lowest BCUT2D eigenvalue weighted by atomic mass is 10.1. The second-order valence-corrected chi connectivity index (χ2v) is 4.26. The third-order valence-corrected chi connectivity index (χ3v) is 2.94. The number of nitrogens with zero attached hydrogens (tertiary/aromatic N) is 1. The summed E-state index contributed by atoms with van der Waals surface area (Å²) < 4.78 is 10.8. The van der Waals surface area contributed by atoms with E-state index in [0.717, 1.165) is 5.56 Å². The van der Waals surface area contributed by atoms with E-state index in [0.29, 0.717) is 30.2 Å². The predicted octanol–water partition coefficient (Wildman–Crippen LogP) is 3.26. The first-order valence-electron chi connectivity index (χ1n) is 6.48. The fourth-order valence-electron chi connectivity index (χ4n) is 1.82. The first-order valence-corrected chi connectivity index (χ1v) is 6.48. The molecule has 4 nitrogen and oxygen atoms in total. The highest BCUT2D eigenvalue weighted by Gasteiger charge is 2.05. The van der Waals surface area contributed by atoms with Crippen molar-refractivity contribution >= 4 is 5.78 Å². The minimum absolute atomic E-state index is 0.130. The molecule has 0 radical (unpaired) electrons. The van der Waals surface area contributed by atoms with Gasteiger partial charge in [0.15, 0.2) is 5.78 Å². The molecule has 1 heterocycles. The molecule has 2 rings (SSSR count). The number of ketones is 1. The van der Waals surface area contributed by atoms with Crippen molar-refractivity contribution in [3.8, 4) is 11.6 Å². The monoisotopic (exact) mass is 271 g/mol. The molecule has 1 aromatic heterocycles. The highest BCUT2D eigenvalue weighted by atomic mass is 16.5. The van der Waals surface area contributed by atoms with Gasteiger partial charge in [0.25, 0.3) is 0 Å². The van der Waals surface area contributed by atoms with Gasteiger partial charge in [-0.25, -0.2) is 4.98 Å². The van der Waals surface area contributed by atoms with E-state index >= 15 is 0 Å². The molecule has 0 atom stereocenters. The van der Waals surface area contributed by atoms with E-state index in [1.54, 1.807) is 37.6 Å². The van der Waals surface area contributed by atoms with Gasteiger partial charge in [-0.15, -0.1) is 0 Å². The zero-order chi connectivity index (χ0) is 14.4. The number of hydrogen-bond donors (Lipinski definition) is 0. The summed E-state index contributed by atoms with van der Waals surface area (Å²) in [6, 6.07) is 10.9. The van der Waals surface area contributed by atoms with Crippen molar-refractivity contribution in [1.29, 1.82) is 0 Å². The van der Waals surface area contributed by atoms with Gasteiger partial charge in [0.05, 0.1) is 12.7 Å². The second kappa shape index (κ2) is 6.70. The van der Waals surface area contributed by atoms with Crippen LogP contribution in [0.2, 0.25) is 0 Å². The van der Waals surface area contributed by atoms with E-state index in [1.807, 2.05) is 19.1 Å². The average Bonchev–Trinajstić information content (AvgIpc) is 2.53. The first-order chi connectivity index (χ1) is 9.74. The van der Waals surface area contributed by atoms with Crippen molar-refractivity contribution in [2.24, 2.45) is 0 Å². The molecule has 20 heavy (non-hydrogen) atoms. The van der Waals surface area contributed by atoms with Gasteiger partial charge >= 0.3 is 0 Å². The summed E-state index contributed by atoms with van der Waals surface area (Å²) in [6.45, 7) is 2.22. The van der Waals surface area contributed by atoms with Gasteiger partial charge in [-0.1, -0.05) is 6.92 Å². The largest absolute Gasteiger partial charge is 0.489 e. The van der Waals surface area contributed by atoms with E-state index in [2.05, 4.69) is 4.98 Å². The molecule has 0 N–H and O–H groups in total. The maximum absolute atomic E-state index is 11.5. The fraction of sp³-hybridized carbons (Fsp3) is 0.250. The minimum Gasteiger partial charge on any atom is -0.489 e. The molecule has 0 fully saturated rings. The number of aromatic nitrogens is 1. The Balaban J connectivity index is 2.02. The van der Waals surface area contributed by atoms with E-state index in [4.69, 9.17) is 9.47 Å². The molecule has 104 valence electrons. The second-order valence-electron chi connectivity index (χ2n) is 4.26. The molecule has 0 aliphatic rings. The number of carbonyl (C=O) groups excluding carboxylic acids is 1. The van der Waals surface area contributed by atoms with Crippen LogP contribution in [0.25, 0.3) is 0 Å². The summed E-state index contributed by atoms with van der Waals surface area (Å²) in [6.07, 6.45) is 2.18. The normalized spacial score (nSPS) is 10.1. The molecule has 0 saturated heterocycles. The van der Waals surface area contributed by atoms with E-state index < -0.39 is 0 Å². The molecular weight excluding hydrogens is 254 g/mol. The smallest absolute Gasteiger partial charge is 0.219 e. The molecule has 4 heteroatoms. The third kappa shape index (κ3) is 3.35. The molecule has 1 aromatic carbocycles. The molecule has 0 bridgehead atoms. The molecule has 0 spiro atoms. The Hall–Kier alpha value is -2.36. The van der Waals surface area contributed by atoms with Crippen LogP contribution < -0.4 is 9.47 Å². The van der Waals surface area contributed by atoms with Gasteiger partial charge in [0.1, 0.15) is 12.4 Å². The number of carbonyl (C=O) groups is 1. The Labute approximate surface area is 118 Å². The quantitative estimate of drug-likeness (QED) is 0.757. The van der Waals surface area contributed by atoms with Gasteiger partial charge in [-0.05, 0) is 36.4 Å². The molecule has 0 saturated carbocycles. The third-order valence-electron chi connectivity index (χ3n) is 2.94. The van der Waals surface area contributed by atoms with Crippen molar-refractivity contribution in [2.45, 2.75) is 20.0 Å². The molecule has 0 amide bonds. The SMILES string of the molecule is CCC(=O)c1ccc(OCc2cccnc2OC)cc1. The van der Waals surface area contributed by atoms with Crippen LogP contribution >= 0.6 is 0 Å². The Morgan fingerprint density at radius 3 is 2.60 bits per heavy atom. The summed E-state index contributed by atoms with van der Waals surface area (Å²) in [5.74, 6) is 1.40. The van der Waals surface area contributed by atoms with Crippen molar-refractivity contribution in [2.75, 3.05) is 7.11 Å². The summed E-state index contributed by atoms with van der Waals surface area (Å²) in [5, 5.41) is 0. The van der Waals surface area contributed by atoms with E-state index in [-0.39, 0.29) is 5.78 Å². The molecule has 0 aliphatic heterocycles. The number of ether oxygens (including phenoxy) is 2. The van der Waals surface area contributed by atoms with Crippen LogP contribution in [-0.2, 0) is 6.61 Å². The topological polar surface area (TPSA) is 48.4 Å². The van der Waals surface area contributed by atoms with Crippen molar-refractivity contribution in [3.05, 3.63) is 53.7 Å². The van der Waals surface area contributed by atoms with Crippen LogP contribution in [0.4, 0.5) is 0 Å². The average molecular weight is 271 g/mol. The van der Waals surface area contributed by atoms with Crippen molar-refractivity contribution in [3.63, 3.8) is 0 Å². The summed E-state index contributed by atoms with van der Waals surface area (Å²) >= 11 is 0. The molecular formula is C16H17NO3. The number of hydrogen-bond acceptors (Lipinski definition) is 4. The highest BCUT2D eigenvalue weighted by Crippen LogP contribution is 2.18. The lowest BCUT2D eigenvalue weighted by Gasteiger charge is -2.09. The maximum atomic E-state index is 11.5. The standard InChI is InChI=1S/C16H17NO3/c1-3-15(18)12-6-8-14(9-7-12)20-11-13-5-4-10-17-16(13)19-2/h4-10H,3,11H2,1-2H3. The van der Waals surface area contributed by atoms with Gasteiger partial charge < -0.3 is 9.47 Å². The fourth-order valence-corrected chi connectivity index (χ4v) is 1.82. The Morgan fingerprint density at radius 1 is 1.20 bits per heavy atom. The van der Waals surface area contributed by atoms with Crippen molar-refractivity contribution < 1.29 is 14.3 Å². The number of rotatable bonds is 6. The van der Waals surface area contributed by atoms with Crippen LogP contribution in [0.1, 0.15) is 29.3 Å². The summed E-state index contributed by atoms with van der Waals surface area (Å²) in [7, 11) is 1.58. The molecule has 2 aromatic rings. The minimum atomic E-state index is 0.130. The van der Waals surface area contributed by atoms with Gasteiger partial charge in [-0.3, -0.25) is 4.79 Å². The number of pyridine rings is 1. The zero-order valence-corrected chi connectivity index (χ0v) is 11.6. The van der Waals surface area contributed by atoms with Crippen molar-refractivity contribution in [1.82, 2.24) is 4.98 Å². The number of benzene rings is 1. The van der Waals surface area contributed by atoms with Gasteiger partial charge in [0, 0.05) is 18.2 Å². The van der Waals surface area contributed by atoms with E-state index in [9.17, 15) is 4.79 Å². The van der Waals surface area contributed by atoms with Crippen LogP contribution in [-0.4, -0.2) is 17.9 Å². The van der Waals surface area contributed by atoms with E-state index in [1.165, 1.54) is 0 Å². The lowest BCUT2D eigenvalue weighted by molar-refractivity contribution is 0.0988. The maximum Gasteiger partial charge on any atom is 0.219 e. The van der Waals surface area contributed by atoms with Crippen LogP contribution in [0.15, 0.2) is 42.6 Å². The van der Waals surface area contributed by atoms with Crippen LogP contribution in [0.3, 0.4) is 0 Å². The predicted molar refractivity (Wildman–Crippen MR) is 76.2 cm³/mol. The Kier molecular flexibility index (Phi) is 4.71. The number of Topliss-reactive ketones (excluding diaryl/α,β-unsaturated/α-hetero) is 1. The van der Waals surface area contributed by atoms with Gasteiger partial charge in [-0.2, -0.15) is 0 Å². The number of methoxy groups -OCH3 is 1. The van der Waals surface area contributed by atoms with Gasteiger partial charge in [0.2, 0.25) is 5.88 Å². The summed E-state index contributed by atoms with van der Waals surface area (Å²) in [5.41, 5.74) is 1.59. The Morgan fingerprint density at radius 2 is 1.95 bits per heavy atom. The summed E-state index contributed by atoms with van der Waals surface area (Å²) in [4.78, 5) is 15.6. The van der Waals surface area contributed by atoms with Crippen LogP contribution in [0, 0.1) is 0 Å². The highest BCUT2D eigenvalue weighted by molar-refractivity contribution is 5.95. The lowest BCUT2D eigenvalue weighted by Crippen LogP contribution is -2.01. The van der Waals surface area contributed by atoms with Crippen LogP contribution in [0.5, 0.6) is 11.6 Å². The molecule has 0 aliphatic carbocycles. The Bertz CT molecular complexity index is 579.